The molecule has 0 aromatic rings. The molecule has 0 atom stereocenters. The predicted molar refractivity (Wildman–Crippen MR) is 45.5 cm³/mol. The predicted octanol–water partition coefficient (Wildman–Crippen LogP) is 2.64. The summed E-state index contributed by atoms with van der Waals surface area (Å²) in [4.78, 5) is 0. The van der Waals surface area contributed by atoms with E-state index in [0.29, 0.717) is 13.0 Å². The minimum atomic E-state index is -4.10. The van der Waals surface area contributed by atoms with E-state index in [4.69, 9.17) is 0 Å². The minimum absolute atomic E-state index is 0.215. The smallest absolute Gasteiger partial charge is 0.303 e. The van der Waals surface area contributed by atoms with Gasteiger partial charge in [0.05, 0.1) is 0 Å². The Bertz CT molecular complexity index is 203. The molecule has 1 rings (SSSR count). The molecule has 1 aliphatic carbocycles. The molecule has 0 spiro atoms. The lowest BCUT2D eigenvalue weighted by atomic mass is 10.2. The van der Waals surface area contributed by atoms with Crippen LogP contribution in [0.3, 0.4) is 0 Å². The van der Waals surface area contributed by atoms with Crippen molar-refractivity contribution < 1.29 is 13.2 Å². The fourth-order valence-corrected chi connectivity index (χ4v) is 1.20. The van der Waals surface area contributed by atoms with Crippen LogP contribution in [0.5, 0.6) is 0 Å². The molecule has 1 nitrogen and oxygen atoms in total. The summed E-state index contributed by atoms with van der Waals surface area (Å²) in [7, 11) is 0. The Labute approximate surface area is 76.0 Å². The van der Waals surface area contributed by atoms with Gasteiger partial charge in [0.2, 0.25) is 0 Å². The van der Waals surface area contributed by atoms with Crippen LogP contribution in [0.25, 0.3) is 0 Å². The first-order valence-electron chi connectivity index (χ1n) is 4.33. The topological polar surface area (TPSA) is 12.0 Å². The Hall–Kier alpha value is -0.510. The summed E-state index contributed by atoms with van der Waals surface area (Å²) < 4.78 is 37.0. The molecule has 76 valence electrons. The van der Waals surface area contributed by atoms with E-state index in [1.165, 1.54) is 0 Å². The number of rotatable bonds is 4. The van der Waals surface area contributed by atoms with Crippen LogP contribution in [-0.4, -0.2) is 18.3 Å². The molecule has 1 saturated carbocycles. The van der Waals surface area contributed by atoms with Crippen molar-refractivity contribution in [2.24, 2.45) is 0 Å². The first-order chi connectivity index (χ1) is 5.87. The summed E-state index contributed by atoms with van der Waals surface area (Å²) in [5.74, 6) is 0. The first kappa shape index (κ1) is 10.6. The third-order valence-electron chi connectivity index (χ3n) is 2.31. The zero-order chi connectivity index (χ0) is 10.1. The van der Waals surface area contributed by atoms with Gasteiger partial charge in [0.25, 0.3) is 0 Å². The van der Waals surface area contributed by atoms with E-state index in [9.17, 15) is 13.2 Å². The number of hydrogen-bond acceptors (Lipinski definition) is 1. The second-order valence-electron chi connectivity index (χ2n) is 3.71. The summed E-state index contributed by atoms with van der Waals surface area (Å²) in [6.07, 6.45) is -3.06. The maximum Gasteiger partial charge on any atom is 0.406 e. The summed E-state index contributed by atoms with van der Waals surface area (Å²) in [6.45, 7) is 5.82. The average Bonchev–Trinajstić information content (AvgIpc) is 2.65. The maximum absolute atomic E-state index is 12.3. The summed E-state index contributed by atoms with van der Waals surface area (Å²) in [6, 6.07) is 0. The van der Waals surface area contributed by atoms with E-state index in [1.54, 1.807) is 0 Å². The van der Waals surface area contributed by atoms with Crippen LogP contribution in [0, 0.1) is 0 Å². The summed E-state index contributed by atoms with van der Waals surface area (Å²) >= 11 is 0. The molecule has 1 aliphatic rings. The standard InChI is InChI=1S/C9H14F3N/c1-7(2)3-6-13-8(4-5-8)9(10,11)12/h13H,1,3-6H2,2H3. The normalized spacial score (nSPS) is 20.0. The van der Waals surface area contributed by atoms with Crippen molar-refractivity contribution in [3.63, 3.8) is 0 Å². The number of halogens is 3. The highest BCUT2D eigenvalue weighted by atomic mass is 19.4. The lowest BCUT2D eigenvalue weighted by Crippen LogP contribution is -2.45. The summed E-state index contributed by atoms with van der Waals surface area (Å²) in [5, 5.41) is 2.56. The van der Waals surface area contributed by atoms with Gasteiger partial charge in [-0.2, -0.15) is 13.2 Å². The van der Waals surface area contributed by atoms with Crippen LogP contribution in [0.15, 0.2) is 12.2 Å². The molecule has 13 heavy (non-hydrogen) atoms. The lowest BCUT2D eigenvalue weighted by molar-refractivity contribution is -0.165. The quantitative estimate of drug-likeness (QED) is 0.677. The minimum Gasteiger partial charge on any atom is -0.303 e. The van der Waals surface area contributed by atoms with Crippen molar-refractivity contribution in [1.29, 1.82) is 0 Å². The van der Waals surface area contributed by atoms with Crippen molar-refractivity contribution in [2.75, 3.05) is 6.54 Å². The van der Waals surface area contributed by atoms with Gasteiger partial charge < -0.3 is 5.32 Å². The van der Waals surface area contributed by atoms with Crippen LogP contribution in [0.1, 0.15) is 26.2 Å². The van der Waals surface area contributed by atoms with Crippen LogP contribution in [0.2, 0.25) is 0 Å². The molecule has 1 fully saturated rings. The molecule has 0 aromatic carbocycles. The Morgan fingerprint density at radius 1 is 1.46 bits per heavy atom. The van der Waals surface area contributed by atoms with Gasteiger partial charge in [-0.3, -0.25) is 0 Å². The highest BCUT2D eigenvalue weighted by Gasteiger charge is 2.62. The van der Waals surface area contributed by atoms with Gasteiger partial charge >= 0.3 is 6.18 Å². The average molecular weight is 193 g/mol. The van der Waals surface area contributed by atoms with E-state index < -0.39 is 11.7 Å². The first-order valence-corrected chi connectivity index (χ1v) is 4.33. The van der Waals surface area contributed by atoms with Gasteiger partial charge in [-0.1, -0.05) is 5.57 Å². The number of nitrogens with one attached hydrogen (secondary N) is 1. The highest BCUT2D eigenvalue weighted by Crippen LogP contribution is 2.48. The van der Waals surface area contributed by atoms with Gasteiger partial charge in [-0.05, 0) is 32.7 Å². The molecule has 4 heteroatoms. The molecule has 0 aliphatic heterocycles. The summed E-state index contributed by atoms with van der Waals surface area (Å²) in [5.41, 5.74) is -0.659. The van der Waals surface area contributed by atoms with Gasteiger partial charge in [0.1, 0.15) is 5.54 Å². The fraction of sp³-hybridized carbons (Fsp3) is 0.778. The van der Waals surface area contributed by atoms with Gasteiger partial charge in [-0.15, -0.1) is 6.58 Å². The van der Waals surface area contributed by atoms with Gasteiger partial charge in [0.15, 0.2) is 0 Å². The Morgan fingerprint density at radius 3 is 2.31 bits per heavy atom. The third kappa shape index (κ3) is 2.46. The maximum atomic E-state index is 12.3. The second-order valence-corrected chi connectivity index (χ2v) is 3.71. The van der Waals surface area contributed by atoms with Crippen molar-refractivity contribution in [3.8, 4) is 0 Å². The Morgan fingerprint density at radius 2 is 2.00 bits per heavy atom. The van der Waals surface area contributed by atoms with Crippen molar-refractivity contribution in [1.82, 2.24) is 5.32 Å². The molecule has 0 saturated heterocycles. The van der Waals surface area contributed by atoms with E-state index in [1.807, 2.05) is 6.92 Å². The zero-order valence-corrected chi connectivity index (χ0v) is 7.67. The fourth-order valence-electron chi connectivity index (χ4n) is 1.20. The van der Waals surface area contributed by atoms with E-state index in [0.717, 1.165) is 5.57 Å². The monoisotopic (exact) mass is 193 g/mol. The number of hydrogen-bond donors (Lipinski definition) is 1. The molecule has 0 aromatic heterocycles. The second kappa shape index (κ2) is 3.33. The van der Waals surface area contributed by atoms with Gasteiger partial charge in [-0.25, -0.2) is 0 Å². The molecule has 0 amide bonds. The SMILES string of the molecule is C=C(C)CCNC1(C(F)(F)F)CC1. The molecule has 0 unspecified atom stereocenters. The Balaban J connectivity index is 2.32. The van der Waals surface area contributed by atoms with Crippen LogP contribution in [0.4, 0.5) is 13.2 Å². The van der Waals surface area contributed by atoms with Crippen LogP contribution in [-0.2, 0) is 0 Å². The largest absolute Gasteiger partial charge is 0.406 e. The van der Waals surface area contributed by atoms with Crippen molar-refractivity contribution in [3.05, 3.63) is 12.2 Å². The van der Waals surface area contributed by atoms with E-state index in [2.05, 4.69) is 11.9 Å². The lowest BCUT2D eigenvalue weighted by Gasteiger charge is -2.20. The van der Waals surface area contributed by atoms with Crippen LogP contribution >= 0.6 is 0 Å². The molecular weight excluding hydrogens is 179 g/mol. The molecule has 0 bridgehead atoms. The van der Waals surface area contributed by atoms with Gasteiger partial charge in [0, 0.05) is 0 Å². The van der Waals surface area contributed by atoms with E-state index >= 15 is 0 Å². The number of alkyl halides is 3. The molecule has 1 N–H and O–H groups in total. The highest BCUT2D eigenvalue weighted by molar-refractivity contribution is 5.08. The third-order valence-corrected chi connectivity index (χ3v) is 2.31. The molecule has 0 heterocycles. The Kier molecular flexibility index (Phi) is 2.71. The zero-order valence-electron chi connectivity index (χ0n) is 7.67. The molecule has 0 radical (unpaired) electrons. The van der Waals surface area contributed by atoms with Crippen LogP contribution < -0.4 is 5.32 Å². The van der Waals surface area contributed by atoms with E-state index in [-0.39, 0.29) is 12.8 Å². The van der Waals surface area contributed by atoms with Crippen molar-refractivity contribution >= 4 is 0 Å². The molecular formula is C9H14F3N. The van der Waals surface area contributed by atoms with Crippen molar-refractivity contribution in [2.45, 2.75) is 37.9 Å².